The maximum Gasteiger partial charge on any atom is 0.309 e. The second-order valence-corrected chi connectivity index (χ2v) is 8.28. The lowest BCUT2D eigenvalue weighted by atomic mass is 9.81. The molecule has 11 heteroatoms. The number of amides is 4. The summed E-state index contributed by atoms with van der Waals surface area (Å²) in [5.74, 6) is -2.69. The van der Waals surface area contributed by atoms with Crippen LogP contribution < -0.4 is 16.4 Å². The molecular formula is C20H29ClN6O4. The van der Waals surface area contributed by atoms with Crippen molar-refractivity contribution in [2.75, 3.05) is 21.1 Å². The third kappa shape index (κ3) is 5.71. The van der Waals surface area contributed by atoms with Crippen molar-refractivity contribution in [3.05, 3.63) is 29.1 Å². The molecular weight excluding hydrogens is 424 g/mol. The summed E-state index contributed by atoms with van der Waals surface area (Å²) >= 11 is 0. The summed E-state index contributed by atoms with van der Waals surface area (Å²) in [6.45, 7) is 1.54. The topological polar surface area (TPSA) is 138 Å². The van der Waals surface area contributed by atoms with Crippen molar-refractivity contribution in [3.8, 4) is 0 Å². The predicted molar refractivity (Wildman–Crippen MR) is 115 cm³/mol. The third-order valence-electron chi connectivity index (χ3n) is 5.69. The average molecular weight is 453 g/mol. The summed E-state index contributed by atoms with van der Waals surface area (Å²) in [7, 11) is 5.36. The van der Waals surface area contributed by atoms with E-state index in [9.17, 15) is 19.2 Å². The van der Waals surface area contributed by atoms with Crippen LogP contribution in [0.5, 0.6) is 0 Å². The molecule has 0 radical (unpaired) electrons. The standard InChI is InChI=1S/C20H28N6O4.ClH/c1-25(2)20(30)11-4-5-14(23-19(29)17(21)27)15(6-11)24-18(28)16-7-12-9-26(3)10-13(12)8-22-16;/h7-8,11,14-15H,4-6,9-10H2,1-3H3,(H2,21,27)(H,23,29)(H,24,28);1H/t11-,14-,15+;/m0./s1. The number of rotatable bonds is 4. The van der Waals surface area contributed by atoms with E-state index in [2.05, 4.69) is 20.5 Å². The van der Waals surface area contributed by atoms with Crippen LogP contribution in [0, 0.1) is 5.92 Å². The third-order valence-corrected chi connectivity index (χ3v) is 5.69. The fraction of sp³-hybridized carbons (Fsp3) is 0.550. The summed E-state index contributed by atoms with van der Waals surface area (Å²) in [6, 6.07) is 0.748. The SMILES string of the molecule is CN1Cc2cnc(C(=O)N[C@@H]3C[C@@H](C(=O)N(C)C)CC[C@@H]3NC(=O)C(N)=O)cc2C1.Cl. The van der Waals surface area contributed by atoms with Gasteiger partial charge in [-0.2, -0.15) is 0 Å². The van der Waals surface area contributed by atoms with Gasteiger partial charge in [0.05, 0.1) is 6.04 Å². The number of carbonyl (C=O) groups excluding carboxylic acids is 4. The van der Waals surface area contributed by atoms with Crippen LogP contribution in [0.25, 0.3) is 0 Å². The van der Waals surface area contributed by atoms with E-state index in [4.69, 9.17) is 5.73 Å². The largest absolute Gasteiger partial charge is 0.361 e. The van der Waals surface area contributed by atoms with Gasteiger partial charge < -0.3 is 21.3 Å². The van der Waals surface area contributed by atoms with Gasteiger partial charge in [-0.1, -0.05) is 0 Å². The predicted octanol–water partition coefficient (Wildman–Crippen LogP) is -0.594. The number of nitrogens with two attached hydrogens (primary N) is 1. The van der Waals surface area contributed by atoms with E-state index in [0.29, 0.717) is 19.3 Å². The van der Waals surface area contributed by atoms with Crippen LogP contribution in [0.1, 0.15) is 40.9 Å². The number of primary amides is 1. The Morgan fingerprint density at radius 1 is 1.10 bits per heavy atom. The van der Waals surface area contributed by atoms with Crippen LogP contribution in [0.15, 0.2) is 12.3 Å². The van der Waals surface area contributed by atoms with Crippen molar-refractivity contribution in [2.24, 2.45) is 11.7 Å². The molecule has 1 aromatic rings. The Bertz CT molecular complexity index is 877. The number of fused-ring (bicyclic) bond motifs is 1. The summed E-state index contributed by atoms with van der Waals surface area (Å²) in [5, 5.41) is 5.48. The van der Waals surface area contributed by atoms with Crippen molar-refractivity contribution >= 4 is 36.0 Å². The Hall–Kier alpha value is -2.72. The number of halogens is 1. The molecule has 3 atom stereocenters. The van der Waals surface area contributed by atoms with Gasteiger partial charge in [0, 0.05) is 45.3 Å². The molecule has 2 aliphatic rings. The van der Waals surface area contributed by atoms with Crippen molar-refractivity contribution < 1.29 is 19.2 Å². The van der Waals surface area contributed by atoms with Crippen LogP contribution in [0.3, 0.4) is 0 Å². The zero-order valence-corrected chi connectivity index (χ0v) is 18.7. The van der Waals surface area contributed by atoms with Gasteiger partial charge in [-0.25, -0.2) is 0 Å². The molecule has 0 spiro atoms. The van der Waals surface area contributed by atoms with E-state index in [1.165, 1.54) is 4.90 Å². The molecule has 31 heavy (non-hydrogen) atoms. The van der Waals surface area contributed by atoms with Gasteiger partial charge in [-0.3, -0.25) is 29.1 Å². The molecule has 0 aromatic carbocycles. The van der Waals surface area contributed by atoms with Crippen molar-refractivity contribution in [3.63, 3.8) is 0 Å². The van der Waals surface area contributed by atoms with Crippen molar-refractivity contribution in [1.29, 1.82) is 0 Å². The highest BCUT2D eigenvalue weighted by atomic mass is 35.5. The summed E-state index contributed by atoms with van der Waals surface area (Å²) < 4.78 is 0. The van der Waals surface area contributed by atoms with Gasteiger partial charge in [-0.15, -0.1) is 12.4 Å². The second kappa shape index (κ2) is 10.1. The highest BCUT2D eigenvalue weighted by molar-refractivity contribution is 6.34. The Morgan fingerprint density at radius 3 is 2.42 bits per heavy atom. The first-order valence-corrected chi connectivity index (χ1v) is 9.94. The van der Waals surface area contributed by atoms with Gasteiger partial charge in [0.1, 0.15) is 5.69 Å². The summed E-state index contributed by atoms with van der Waals surface area (Å²) in [4.78, 5) is 56.2. The Labute approximate surface area is 187 Å². The van der Waals surface area contributed by atoms with Crippen LogP contribution in [-0.4, -0.2) is 71.6 Å². The Balaban J connectivity index is 0.00000341. The zero-order chi connectivity index (χ0) is 22.0. The van der Waals surface area contributed by atoms with Crippen molar-refractivity contribution in [1.82, 2.24) is 25.4 Å². The van der Waals surface area contributed by atoms with Gasteiger partial charge in [0.25, 0.3) is 5.91 Å². The molecule has 1 saturated carbocycles. The monoisotopic (exact) mass is 452 g/mol. The number of nitrogens with one attached hydrogen (secondary N) is 2. The van der Waals surface area contributed by atoms with E-state index in [0.717, 1.165) is 24.2 Å². The number of carbonyl (C=O) groups is 4. The minimum Gasteiger partial charge on any atom is -0.361 e. The molecule has 1 aliphatic heterocycles. The lowest BCUT2D eigenvalue weighted by Gasteiger charge is -2.37. The van der Waals surface area contributed by atoms with Gasteiger partial charge in [0.15, 0.2) is 0 Å². The van der Waals surface area contributed by atoms with Gasteiger partial charge in [-0.05, 0) is 43.5 Å². The quantitative estimate of drug-likeness (QED) is 0.522. The number of hydrogen-bond acceptors (Lipinski definition) is 6. The summed E-state index contributed by atoms with van der Waals surface area (Å²) in [5.41, 5.74) is 7.49. The molecule has 1 aliphatic carbocycles. The van der Waals surface area contributed by atoms with Crippen LogP contribution in [0.4, 0.5) is 0 Å². The number of nitrogens with zero attached hydrogens (tertiary/aromatic N) is 3. The number of pyridine rings is 1. The lowest BCUT2D eigenvalue weighted by Crippen LogP contribution is -2.57. The van der Waals surface area contributed by atoms with E-state index >= 15 is 0 Å². The molecule has 2 heterocycles. The zero-order valence-electron chi connectivity index (χ0n) is 17.9. The molecule has 4 amide bonds. The first kappa shape index (κ1) is 24.5. The second-order valence-electron chi connectivity index (χ2n) is 8.28. The number of aromatic nitrogens is 1. The molecule has 1 fully saturated rings. The minimum absolute atomic E-state index is 0. The minimum atomic E-state index is -1.09. The van der Waals surface area contributed by atoms with E-state index < -0.39 is 23.9 Å². The molecule has 0 unspecified atom stereocenters. The lowest BCUT2D eigenvalue weighted by molar-refractivity contribution is -0.138. The first-order valence-electron chi connectivity index (χ1n) is 9.94. The van der Waals surface area contributed by atoms with E-state index in [1.54, 1.807) is 26.4 Å². The van der Waals surface area contributed by atoms with E-state index in [1.807, 2.05) is 7.05 Å². The molecule has 4 N–H and O–H groups in total. The van der Waals surface area contributed by atoms with Crippen LogP contribution in [0.2, 0.25) is 0 Å². The molecule has 170 valence electrons. The Kier molecular flexibility index (Phi) is 7.96. The molecule has 3 rings (SSSR count). The maximum atomic E-state index is 12.9. The van der Waals surface area contributed by atoms with Gasteiger partial charge in [0.2, 0.25) is 5.91 Å². The molecule has 0 bridgehead atoms. The molecule has 0 saturated heterocycles. The molecule has 10 nitrogen and oxygen atoms in total. The van der Waals surface area contributed by atoms with Crippen molar-refractivity contribution in [2.45, 2.75) is 44.4 Å². The number of hydrogen-bond donors (Lipinski definition) is 3. The average Bonchev–Trinajstić information content (AvgIpc) is 3.07. The maximum absolute atomic E-state index is 12.9. The normalized spacial score (nSPS) is 22.6. The molecule has 1 aromatic heterocycles. The van der Waals surface area contributed by atoms with Gasteiger partial charge >= 0.3 is 11.8 Å². The first-order chi connectivity index (χ1) is 14.2. The van der Waals surface area contributed by atoms with Crippen LogP contribution >= 0.6 is 12.4 Å². The fourth-order valence-electron chi connectivity index (χ4n) is 4.15. The fourth-order valence-corrected chi connectivity index (χ4v) is 4.15. The Morgan fingerprint density at radius 2 is 1.77 bits per heavy atom. The summed E-state index contributed by atoms with van der Waals surface area (Å²) in [6.07, 6.45) is 3.03. The van der Waals surface area contributed by atoms with Crippen LogP contribution in [-0.2, 0) is 27.5 Å². The highest BCUT2D eigenvalue weighted by Crippen LogP contribution is 2.27. The highest BCUT2D eigenvalue weighted by Gasteiger charge is 2.37. The smallest absolute Gasteiger partial charge is 0.309 e. The van der Waals surface area contributed by atoms with E-state index in [-0.39, 0.29) is 35.8 Å².